The molecule has 4 rings (SSSR count). The molecule has 172 valence electrons. The van der Waals surface area contributed by atoms with Gasteiger partial charge in [-0.1, -0.05) is 66.2 Å². The smallest absolute Gasteiger partial charge is 0.201 e. The van der Waals surface area contributed by atoms with E-state index in [2.05, 4.69) is 55.5 Å². The highest BCUT2D eigenvalue weighted by atomic mass is 19.2. The summed E-state index contributed by atoms with van der Waals surface area (Å²) in [4.78, 5) is 0. The van der Waals surface area contributed by atoms with Crippen LogP contribution >= 0.6 is 0 Å². The number of rotatable bonds is 7. The molecule has 0 amide bonds. The van der Waals surface area contributed by atoms with Crippen molar-refractivity contribution in [3.63, 3.8) is 0 Å². The summed E-state index contributed by atoms with van der Waals surface area (Å²) in [5.41, 5.74) is 4.94. The fourth-order valence-corrected chi connectivity index (χ4v) is 4.79. The fourth-order valence-electron chi connectivity index (χ4n) is 4.79. The maximum Gasteiger partial charge on any atom is 0.201 e. The van der Waals surface area contributed by atoms with Crippen molar-refractivity contribution in [3.05, 3.63) is 101 Å². The molecule has 0 heterocycles. The van der Waals surface area contributed by atoms with Gasteiger partial charge in [0.05, 0.1) is 7.11 Å². The molecule has 3 aromatic rings. The summed E-state index contributed by atoms with van der Waals surface area (Å²) >= 11 is 0. The average molecular weight is 447 g/mol. The second-order valence-electron chi connectivity index (χ2n) is 9.13. The first-order valence-corrected chi connectivity index (χ1v) is 11.9. The second kappa shape index (κ2) is 10.8. The molecule has 0 N–H and O–H groups in total. The summed E-state index contributed by atoms with van der Waals surface area (Å²) in [5.74, 6) is -0.682. The molecular weight excluding hydrogens is 414 g/mol. The van der Waals surface area contributed by atoms with E-state index in [-0.39, 0.29) is 11.3 Å². The minimum Gasteiger partial charge on any atom is -0.494 e. The molecule has 33 heavy (non-hydrogen) atoms. The van der Waals surface area contributed by atoms with E-state index < -0.39 is 11.6 Å². The number of methoxy groups -OCH3 is 1. The van der Waals surface area contributed by atoms with Crippen molar-refractivity contribution in [1.29, 1.82) is 0 Å². The topological polar surface area (TPSA) is 9.23 Å². The van der Waals surface area contributed by atoms with Gasteiger partial charge in [-0.25, -0.2) is 4.39 Å². The fraction of sp³-hybridized carbons (Fsp3) is 0.333. The predicted octanol–water partition coefficient (Wildman–Crippen LogP) is 8.41. The molecule has 1 nitrogen and oxygen atoms in total. The Morgan fingerprint density at radius 1 is 0.848 bits per heavy atom. The van der Waals surface area contributed by atoms with Gasteiger partial charge in [0.15, 0.2) is 11.6 Å². The molecule has 3 heteroatoms. The molecule has 1 aliphatic carbocycles. The SMILES string of the molecule is COc1ccc(-c2ccc(C3CCC(/C=C/CCc4ccc(C)cc4)CC3)cc2)c(F)c1F. The second-order valence-corrected chi connectivity index (χ2v) is 9.13. The molecule has 0 saturated heterocycles. The van der Waals surface area contributed by atoms with Crippen LogP contribution in [0.5, 0.6) is 5.75 Å². The first-order chi connectivity index (χ1) is 16.0. The minimum absolute atomic E-state index is 0.0752. The molecule has 3 aromatic carbocycles. The zero-order chi connectivity index (χ0) is 23.2. The molecular formula is C30H32F2O. The Kier molecular flexibility index (Phi) is 7.59. The molecule has 0 radical (unpaired) electrons. The van der Waals surface area contributed by atoms with Gasteiger partial charge in [0, 0.05) is 5.56 Å². The van der Waals surface area contributed by atoms with Crippen LogP contribution < -0.4 is 4.74 Å². The Balaban J connectivity index is 1.29. The van der Waals surface area contributed by atoms with Crippen LogP contribution in [-0.4, -0.2) is 7.11 Å². The van der Waals surface area contributed by atoms with Crippen LogP contribution in [0.1, 0.15) is 54.7 Å². The lowest BCUT2D eigenvalue weighted by atomic mass is 9.78. The third kappa shape index (κ3) is 5.71. The Labute approximate surface area is 196 Å². The van der Waals surface area contributed by atoms with Crippen LogP contribution in [0, 0.1) is 24.5 Å². The number of allylic oxidation sites excluding steroid dienone is 2. The third-order valence-electron chi connectivity index (χ3n) is 6.86. The van der Waals surface area contributed by atoms with E-state index in [1.807, 2.05) is 12.1 Å². The highest BCUT2D eigenvalue weighted by molar-refractivity contribution is 5.65. The Morgan fingerprint density at radius 3 is 2.21 bits per heavy atom. The zero-order valence-corrected chi connectivity index (χ0v) is 19.5. The van der Waals surface area contributed by atoms with Crippen LogP contribution in [0.3, 0.4) is 0 Å². The lowest BCUT2D eigenvalue weighted by Crippen LogP contribution is -2.11. The minimum atomic E-state index is -0.940. The summed E-state index contributed by atoms with van der Waals surface area (Å²) in [6, 6.07) is 19.8. The maximum absolute atomic E-state index is 14.4. The van der Waals surface area contributed by atoms with E-state index in [1.54, 1.807) is 6.07 Å². The maximum atomic E-state index is 14.4. The summed E-state index contributed by atoms with van der Waals surface area (Å²) in [6.07, 6.45) is 11.7. The van der Waals surface area contributed by atoms with E-state index in [1.165, 1.54) is 42.7 Å². The van der Waals surface area contributed by atoms with Gasteiger partial charge >= 0.3 is 0 Å². The molecule has 1 saturated carbocycles. The number of ether oxygens (including phenoxy) is 1. The van der Waals surface area contributed by atoms with Crippen LogP contribution in [0.25, 0.3) is 11.1 Å². The van der Waals surface area contributed by atoms with Crippen molar-refractivity contribution in [2.45, 2.75) is 51.4 Å². The van der Waals surface area contributed by atoms with Gasteiger partial charge in [-0.2, -0.15) is 4.39 Å². The third-order valence-corrected chi connectivity index (χ3v) is 6.86. The highest BCUT2D eigenvalue weighted by Crippen LogP contribution is 2.37. The molecule has 0 spiro atoms. The largest absolute Gasteiger partial charge is 0.494 e. The van der Waals surface area contributed by atoms with Crippen LogP contribution in [0.2, 0.25) is 0 Å². The van der Waals surface area contributed by atoms with Crippen LogP contribution in [0.15, 0.2) is 72.8 Å². The van der Waals surface area contributed by atoms with Crippen molar-refractivity contribution in [3.8, 4) is 16.9 Å². The number of aryl methyl sites for hydroxylation is 2. The van der Waals surface area contributed by atoms with Crippen molar-refractivity contribution < 1.29 is 13.5 Å². The van der Waals surface area contributed by atoms with Gasteiger partial charge in [-0.05, 0) is 86.1 Å². The highest BCUT2D eigenvalue weighted by Gasteiger charge is 2.21. The molecule has 0 aliphatic heterocycles. The van der Waals surface area contributed by atoms with E-state index in [9.17, 15) is 8.78 Å². The van der Waals surface area contributed by atoms with Crippen LogP contribution in [0.4, 0.5) is 8.78 Å². The van der Waals surface area contributed by atoms with Crippen molar-refractivity contribution >= 4 is 0 Å². The zero-order valence-electron chi connectivity index (χ0n) is 19.5. The van der Waals surface area contributed by atoms with E-state index in [0.29, 0.717) is 17.4 Å². The molecule has 1 aliphatic rings. The summed E-state index contributed by atoms with van der Waals surface area (Å²) in [5, 5.41) is 0. The Bertz CT molecular complexity index is 1080. The number of hydrogen-bond acceptors (Lipinski definition) is 1. The van der Waals surface area contributed by atoms with Crippen molar-refractivity contribution in [2.24, 2.45) is 5.92 Å². The normalized spacial score (nSPS) is 18.5. The Morgan fingerprint density at radius 2 is 1.55 bits per heavy atom. The quantitative estimate of drug-likeness (QED) is 0.331. The van der Waals surface area contributed by atoms with Gasteiger partial charge < -0.3 is 4.74 Å². The van der Waals surface area contributed by atoms with Crippen molar-refractivity contribution in [1.82, 2.24) is 0 Å². The molecule has 0 bridgehead atoms. The van der Waals surface area contributed by atoms with E-state index in [4.69, 9.17) is 4.74 Å². The van der Waals surface area contributed by atoms with Gasteiger partial charge in [-0.3, -0.25) is 0 Å². The van der Waals surface area contributed by atoms with E-state index >= 15 is 0 Å². The van der Waals surface area contributed by atoms with Crippen molar-refractivity contribution in [2.75, 3.05) is 7.11 Å². The first-order valence-electron chi connectivity index (χ1n) is 11.9. The predicted molar refractivity (Wildman–Crippen MR) is 132 cm³/mol. The first kappa shape index (κ1) is 23.2. The number of halogens is 2. The summed E-state index contributed by atoms with van der Waals surface area (Å²) in [6.45, 7) is 2.12. The van der Waals surface area contributed by atoms with Gasteiger partial charge in [-0.15, -0.1) is 0 Å². The van der Waals surface area contributed by atoms with E-state index in [0.717, 1.165) is 25.7 Å². The summed E-state index contributed by atoms with van der Waals surface area (Å²) in [7, 11) is 1.34. The van der Waals surface area contributed by atoms with Gasteiger partial charge in [0.25, 0.3) is 0 Å². The number of benzene rings is 3. The monoisotopic (exact) mass is 446 g/mol. The lowest BCUT2D eigenvalue weighted by Gasteiger charge is -2.27. The lowest BCUT2D eigenvalue weighted by molar-refractivity contribution is 0.372. The number of hydrogen-bond donors (Lipinski definition) is 0. The molecule has 0 aromatic heterocycles. The standard InChI is InChI=1S/C30H32F2O/c1-21-7-9-22(10-8-21)5-3-4-6-23-11-13-24(14-12-23)25-15-17-26(18-16-25)27-19-20-28(33-2)30(32)29(27)31/h4,6-10,15-20,23-24H,3,5,11-14H2,1-2H3/b6-4+. The van der Waals surface area contributed by atoms with Gasteiger partial charge in [0.1, 0.15) is 0 Å². The van der Waals surface area contributed by atoms with Crippen LogP contribution in [-0.2, 0) is 6.42 Å². The molecule has 1 fully saturated rings. The average Bonchev–Trinajstić information content (AvgIpc) is 2.85. The Hall–Kier alpha value is -2.94. The molecule has 0 atom stereocenters. The van der Waals surface area contributed by atoms with Gasteiger partial charge in [0.2, 0.25) is 5.82 Å². The molecule has 0 unspecified atom stereocenters. The summed E-state index contributed by atoms with van der Waals surface area (Å²) < 4.78 is 33.3.